The topological polar surface area (TPSA) is 55.9 Å². The fourth-order valence-electron chi connectivity index (χ4n) is 6.25. The van der Waals surface area contributed by atoms with Crippen LogP contribution in [-0.4, -0.2) is 71.4 Å². The number of hydrogen-bond acceptors (Lipinski definition) is 3. The van der Waals surface area contributed by atoms with E-state index in [9.17, 15) is 14.0 Å². The van der Waals surface area contributed by atoms with Crippen molar-refractivity contribution in [3.05, 3.63) is 29.6 Å². The number of amides is 3. The van der Waals surface area contributed by atoms with E-state index in [-0.39, 0.29) is 11.8 Å². The lowest BCUT2D eigenvalue weighted by atomic mass is 9.75. The largest absolute Gasteiger partial charge is 0.339 e. The first-order chi connectivity index (χ1) is 15.0. The highest BCUT2D eigenvalue weighted by molar-refractivity contribution is 5.89. The van der Waals surface area contributed by atoms with Gasteiger partial charge in [0.25, 0.3) is 0 Å². The van der Waals surface area contributed by atoms with Crippen LogP contribution in [0.25, 0.3) is 0 Å². The summed E-state index contributed by atoms with van der Waals surface area (Å²) < 4.78 is 13.8. The third kappa shape index (κ3) is 4.16. The third-order valence-corrected chi connectivity index (χ3v) is 7.90. The number of aryl methyl sites for hydroxylation is 1. The molecule has 4 saturated heterocycles. The molecule has 0 aromatic heterocycles. The summed E-state index contributed by atoms with van der Waals surface area (Å²) in [6, 6.07) is 5.62. The number of anilines is 1. The first-order valence-corrected chi connectivity index (χ1v) is 11.8. The summed E-state index contributed by atoms with van der Waals surface area (Å²) in [6.45, 7) is 6.27. The monoisotopic (exact) mass is 428 g/mol. The number of carbonyl (C=O) groups is 2. The minimum Gasteiger partial charge on any atom is -0.339 e. The Morgan fingerprint density at radius 1 is 1.13 bits per heavy atom. The van der Waals surface area contributed by atoms with E-state index in [2.05, 4.69) is 15.1 Å². The first-order valence-electron chi connectivity index (χ1n) is 11.8. The minimum atomic E-state index is -0.301. The Balaban J connectivity index is 1.15. The molecule has 31 heavy (non-hydrogen) atoms. The van der Waals surface area contributed by atoms with Crippen molar-refractivity contribution in [2.75, 3.05) is 38.0 Å². The Bertz CT molecular complexity index is 854. The second-order valence-corrected chi connectivity index (χ2v) is 9.93. The molecule has 4 aliphatic rings. The summed E-state index contributed by atoms with van der Waals surface area (Å²) in [5, 5.41) is 2.84. The van der Waals surface area contributed by atoms with Crippen LogP contribution < -0.4 is 5.32 Å². The lowest BCUT2D eigenvalue weighted by molar-refractivity contribution is -0.145. The maximum Gasteiger partial charge on any atom is 0.321 e. The van der Waals surface area contributed by atoms with E-state index >= 15 is 0 Å². The Morgan fingerprint density at radius 2 is 1.94 bits per heavy atom. The maximum atomic E-state index is 13.8. The van der Waals surface area contributed by atoms with E-state index in [0.717, 1.165) is 64.8 Å². The number of halogens is 1. The number of piperidine rings is 4. The lowest BCUT2D eigenvalue weighted by Gasteiger charge is -2.54. The summed E-state index contributed by atoms with van der Waals surface area (Å²) in [7, 11) is 0. The molecule has 2 bridgehead atoms. The molecule has 5 rings (SSSR count). The molecular weight excluding hydrogens is 395 g/mol. The van der Waals surface area contributed by atoms with Crippen molar-refractivity contribution >= 4 is 17.6 Å². The van der Waals surface area contributed by atoms with Crippen LogP contribution in [0.2, 0.25) is 0 Å². The van der Waals surface area contributed by atoms with Gasteiger partial charge < -0.3 is 15.1 Å². The fraction of sp³-hybridized carbons (Fsp3) is 0.667. The van der Waals surface area contributed by atoms with E-state index in [1.165, 1.54) is 12.5 Å². The lowest BCUT2D eigenvalue weighted by Crippen LogP contribution is -2.62. The quantitative estimate of drug-likeness (QED) is 0.785. The van der Waals surface area contributed by atoms with E-state index in [4.69, 9.17) is 0 Å². The smallest absolute Gasteiger partial charge is 0.321 e. The molecule has 1 N–H and O–H groups in total. The zero-order chi connectivity index (χ0) is 21.5. The molecule has 168 valence electrons. The van der Waals surface area contributed by atoms with Gasteiger partial charge in [-0.3, -0.25) is 9.69 Å². The summed E-state index contributed by atoms with van der Waals surface area (Å²) in [6.07, 6.45) is 6.15. The highest BCUT2D eigenvalue weighted by Crippen LogP contribution is 2.39. The number of nitrogens with one attached hydrogen (secondary N) is 1. The predicted molar refractivity (Wildman–Crippen MR) is 117 cm³/mol. The van der Waals surface area contributed by atoms with E-state index < -0.39 is 0 Å². The SMILES string of the molecule is Cc1ccc(NC(=O)N2CCC(N3C[C@H]4C[C@H](C3)[C@H]3CCCC(=O)N3C4)CC2)cc1F. The molecule has 0 spiro atoms. The molecule has 0 radical (unpaired) electrons. The molecule has 0 saturated carbocycles. The van der Waals surface area contributed by atoms with Crippen molar-refractivity contribution in [1.29, 1.82) is 0 Å². The van der Waals surface area contributed by atoms with Crippen molar-refractivity contribution < 1.29 is 14.0 Å². The van der Waals surface area contributed by atoms with E-state index in [1.807, 2.05) is 4.90 Å². The fourth-order valence-corrected chi connectivity index (χ4v) is 6.25. The summed E-state index contributed by atoms with van der Waals surface area (Å²) >= 11 is 0. The van der Waals surface area contributed by atoms with Gasteiger partial charge in [0.15, 0.2) is 0 Å². The molecule has 4 aliphatic heterocycles. The average molecular weight is 429 g/mol. The van der Waals surface area contributed by atoms with Gasteiger partial charge in [0, 0.05) is 56.9 Å². The van der Waals surface area contributed by atoms with Crippen LogP contribution in [0.1, 0.15) is 44.1 Å². The van der Waals surface area contributed by atoms with Crippen LogP contribution in [0.4, 0.5) is 14.9 Å². The molecule has 4 fully saturated rings. The number of likely N-dealkylation sites (tertiary alicyclic amines) is 2. The van der Waals surface area contributed by atoms with Crippen molar-refractivity contribution in [3.8, 4) is 0 Å². The van der Waals surface area contributed by atoms with Crippen LogP contribution in [0.3, 0.4) is 0 Å². The van der Waals surface area contributed by atoms with Crippen LogP contribution in [0, 0.1) is 24.6 Å². The molecule has 4 heterocycles. The minimum absolute atomic E-state index is 0.145. The predicted octanol–water partition coefficient (Wildman–Crippen LogP) is 3.46. The van der Waals surface area contributed by atoms with Crippen LogP contribution in [0.5, 0.6) is 0 Å². The van der Waals surface area contributed by atoms with Crippen molar-refractivity contribution in [1.82, 2.24) is 14.7 Å². The molecule has 7 heteroatoms. The normalized spacial score (nSPS) is 29.6. The second-order valence-electron chi connectivity index (χ2n) is 9.93. The summed E-state index contributed by atoms with van der Waals surface area (Å²) in [5.41, 5.74) is 1.08. The van der Waals surface area contributed by atoms with Crippen molar-refractivity contribution in [2.24, 2.45) is 11.8 Å². The van der Waals surface area contributed by atoms with Gasteiger partial charge >= 0.3 is 6.03 Å². The molecular formula is C24H33FN4O2. The van der Waals surface area contributed by atoms with Gasteiger partial charge in [0.05, 0.1) is 0 Å². The van der Waals surface area contributed by atoms with Crippen LogP contribution in [0.15, 0.2) is 18.2 Å². The molecule has 1 aromatic rings. The van der Waals surface area contributed by atoms with E-state index in [0.29, 0.717) is 41.1 Å². The highest BCUT2D eigenvalue weighted by Gasteiger charge is 2.45. The second kappa shape index (κ2) is 8.41. The molecule has 6 nitrogen and oxygen atoms in total. The van der Waals surface area contributed by atoms with Crippen LogP contribution in [-0.2, 0) is 4.79 Å². The van der Waals surface area contributed by atoms with Gasteiger partial charge in [0.1, 0.15) is 5.82 Å². The molecule has 3 amide bonds. The van der Waals surface area contributed by atoms with Gasteiger partial charge in [-0.05, 0) is 68.6 Å². The number of urea groups is 1. The molecule has 0 unspecified atom stereocenters. The molecule has 3 atom stereocenters. The number of benzene rings is 1. The molecule has 1 aromatic carbocycles. The Hall–Kier alpha value is -2.15. The third-order valence-electron chi connectivity index (χ3n) is 7.90. The van der Waals surface area contributed by atoms with Gasteiger partial charge in [-0.2, -0.15) is 0 Å². The highest BCUT2D eigenvalue weighted by atomic mass is 19.1. The Morgan fingerprint density at radius 3 is 2.71 bits per heavy atom. The Labute approximate surface area is 183 Å². The Kier molecular flexibility index (Phi) is 5.63. The molecule has 0 aliphatic carbocycles. The van der Waals surface area contributed by atoms with Gasteiger partial charge in [0.2, 0.25) is 5.91 Å². The number of nitrogens with zero attached hydrogens (tertiary/aromatic N) is 3. The maximum absolute atomic E-state index is 13.8. The number of rotatable bonds is 2. The van der Waals surface area contributed by atoms with Crippen molar-refractivity contribution in [3.63, 3.8) is 0 Å². The van der Waals surface area contributed by atoms with Crippen LogP contribution >= 0.6 is 0 Å². The van der Waals surface area contributed by atoms with Gasteiger partial charge in [-0.25, -0.2) is 9.18 Å². The number of carbonyl (C=O) groups excluding carboxylic acids is 2. The van der Waals surface area contributed by atoms with Gasteiger partial charge in [-0.15, -0.1) is 0 Å². The first kappa shape index (κ1) is 20.7. The zero-order valence-corrected chi connectivity index (χ0v) is 18.4. The van der Waals surface area contributed by atoms with Crippen molar-refractivity contribution in [2.45, 2.75) is 57.5 Å². The summed E-state index contributed by atoms with van der Waals surface area (Å²) in [4.78, 5) is 31.7. The average Bonchev–Trinajstić information content (AvgIpc) is 2.77. The van der Waals surface area contributed by atoms with E-state index in [1.54, 1.807) is 19.1 Å². The summed E-state index contributed by atoms with van der Waals surface area (Å²) in [5.74, 6) is 1.27. The zero-order valence-electron chi connectivity index (χ0n) is 18.4. The van der Waals surface area contributed by atoms with Gasteiger partial charge in [-0.1, -0.05) is 6.07 Å². The number of hydrogen-bond donors (Lipinski definition) is 1. The number of fused-ring (bicyclic) bond motifs is 4. The standard InChI is InChI=1S/C24H33FN4O2/c1-16-5-6-19(12-21(16)25)26-24(31)27-9-7-20(8-10-27)28-13-17-11-18(15-28)22-3-2-4-23(30)29(22)14-17/h5-6,12,17-18,20,22H,2-4,7-11,13-15H2,1H3,(H,26,31)/t17-,18-,22-/m1/s1.